The smallest absolute Gasteiger partial charge is 0.176 e. The summed E-state index contributed by atoms with van der Waals surface area (Å²) in [6, 6.07) is 15.8. The summed E-state index contributed by atoms with van der Waals surface area (Å²) < 4.78 is 49.3. The minimum absolute atomic E-state index is 0.0440. The topological polar surface area (TPSA) is 20.2 Å². The molecular weight excluding hydrogens is 285 g/mol. The van der Waals surface area contributed by atoms with E-state index in [1.165, 1.54) is 24.3 Å². The fourth-order valence-electron chi connectivity index (χ4n) is 1.66. The molecule has 1 atom stereocenters. The molecule has 2 aromatic rings. The van der Waals surface area contributed by atoms with Gasteiger partial charge in [0.15, 0.2) is 10.3 Å². The molecule has 1 unspecified atom stereocenters. The number of halogens is 3. The zero-order chi connectivity index (χ0) is 14.6. The summed E-state index contributed by atoms with van der Waals surface area (Å²) in [7, 11) is 0. The van der Waals surface area contributed by atoms with Crippen molar-refractivity contribution in [2.75, 3.05) is 0 Å². The molecule has 0 heterocycles. The summed E-state index contributed by atoms with van der Waals surface area (Å²) in [4.78, 5) is 0.449. The predicted molar refractivity (Wildman–Crippen MR) is 75.2 cm³/mol. The highest BCUT2D eigenvalue weighted by Gasteiger charge is 2.38. The fraction of sp³-hybridized carbons (Fsp3) is 0.0667. The van der Waals surface area contributed by atoms with E-state index in [-0.39, 0.29) is 5.56 Å². The van der Waals surface area contributed by atoms with Gasteiger partial charge in [-0.3, -0.25) is 0 Å². The van der Waals surface area contributed by atoms with Gasteiger partial charge in [0, 0.05) is 0 Å². The van der Waals surface area contributed by atoms with Crippen molar-refractivity contribution in [1.82, 2.24) is 0 Å². The third-order valence-corrected chi connectivity index (χ3v) is 3.82. The third-order valence-electron chi connectivity index (χ3n) is 2.60. The summed E-state index contributed by atoms with van der Waals surface area (Å²) in [5, 5.41) is 0.866. The van der Waals surface area contributed by atoms with Crippen molar-refractivity contribution in [3.05, 3.63) is 71.6 Å². The maximum Gasteiger partial charge on any atom is 0.421 e. The highest BCUT2D eigenvalue weighted by Crippen LogP contribution is 2.35. The van der Waals surface area contributed by atoms with Gasteiger partial charge in [-0.05, 0) is 17.7 Å². The van der Waals surface area contributed by atoms with Gasteiger partial charge in [-0.25, -0.2) is 0 Å². The van der Waals surface area contributed by atoms with Gasteiger partial charge in [-0.1, -0.05) is 48.5 Å². The highest BCUT2D eigenvalue weighted by atomic mass is 32.2. The van der Waals surface area contributed by atoms with Crippen LogP contribution in [0.25, 0.3) is 5.57 Å². The van der Waals surface area contributed by atoms with Crippen molar-refractivity contribution in [1.29, 1.82) is 0 Å². The quantitative estimate of drug-likeness (QED) is 0.811. The van der Waals surface area contributed by atoms with Gasteiger partial charge >= 0.3 is 6.18 Å². The van der Waals surface area contributed by atoms with Crippen molar-refractivity contribution in [3.63, 3.8) is 0 Å². The largest absolute Gasteiger partial charge is 0.421 e. The van der Waals surface area contributed by atoms with Crippen LogP contribution < -0.4 is 0 Å². The van der Waals surface area contributed by atoms with Crippen LogP contribution in [0, 0.1) is 0 Å². The van der Waals surface area contributed by atoms with Crippen LogP contribution in [-0.2, 0) is 11.2 Å². The average Bonchev–Trinajstić information content (AvgIpc) is 2.45. The van der Waals surface area contributed by atoms with Crippen LogP contribution in [0.5, 0.6) is 0 Å². The molecule has 0 saturated carbocycles. The van der Waals surface area contributed by atoms with Crippen molar-refractivity contribution in [2.24, 2.45) is 0 Å². The van der Waals surface area contributed by atoms with E-state index in [1.54, 1.807) is 36.4 Å². The molecule has 0 aromatic heterocycles. The van der Waals surface area contributed by atoms with E-state index in [2.05, 4.69) is 0 Å². The summed E-state index contributed by atoms with van der Waals surface area (Å²) in [6.45, 7) is 0. The van der Waals surface area contributed by atoms with Crippen molar-refractivity contribution < 1.29 is 17.7 Å². The molecule has 0 radical (unpaired) electrons. The van der Waals surface area contributed by atoms with Crippen LogP contribution in [0.15, 0.2) is 71.0 Å². The second-order valence-electron chi connectivity index (χ2n) is 4.02. The van der Waals surface area contributed by atoms with Gasteiger partial charge in [-0.15, -0.1) is 0 Å². The first-order chi connectivity index (χ1) is 9.48. The Balaban J connectivity index is 2.40. The maximum atomic E-state index is 13.1. The Bertz CT molecular complexity index is 579. The lowest BCUT2D eigenvalue weighted by molar-refractivity contribution is -0.0688. The minimum Gasteiger partial charge on any atom is -0.176 e. The van der Waals surface area contributed by atoms with E-state index in [1.807, 2.05) is 0 Å². The number of hydrogen-bond acceptors (Lipinski definition) is 1. The number of benzene rings is 2. The molecule has 5 heteroatoms. The van der Waals surface area contributed by atoms with E-state index in [4.69, 9.17) is 0 Å². The van der Waals surface area contributed by atoms with Gasteiger partial charge in [0.05, 0.1) is 0 Å². The van der Waals surface area contributed by atoms with Crippen molar-refractivity contribution in [2.45, 2.75) is 11.1 Å². The van der Waals surface area contributed by atoms with Crippen LogP contribution in [0.2, 0.25) is 0 Å². The standard InChI is InChI=1S/C15H12F3OS/c16-15(17,18)14(12-7-3-1-4-8-12)11-20(19)13-9-5-2-6-10-13/h1-11,19H/q+1/b14-11+. The van der Waals surface area contributed by atoms with E-state index < -0.39 is 22.9 Å². The molecule has 0 aliphatic rings. The normalized spacial score (nSPS) is 14.1. The van der Waals surface area contributed by atoms with E-state index >= 15 is 0 Å². The van der Waals surface area contributed by atoms with Gasteiger partial charge in [-0.2, -0.15) is 17.7 Å². The van der Waals surface area contributed by atoms with Crippen LogP contribution in [0.1, 0.15) is 5.56 Å². The number of hydrogen-bond donors (Lipinski definition) is 1. The third kappa shape index (κ3) is 3.65. The Kier molecular flexibility index (Phi) is 4.52. The lowest BCUT2D eigenvalue weighted by Crippen LogP contribution is -2.13. The molecule has 104 valence electrons. The molecule has 2 aromatic carbocycles. The first-order valence-corrected chi connectivity index (χ1v) is 7.04. The Morgan fingerprint density at radius 3 is 1.90 bits per heavy atom. The van der Waals surface area contributed by atoms with E-state index in [0.29, 0.717) is 4.90 Å². The summed E-state index contributed by atoms with van der Waals surface area (Å²) >= 11 is -1.59. The lowest BCUT2D eigenvalue weighted by Gasteiger charge is -2.10. The molecule has 0 aliphatic carbocycles. The van der Waals surface area contributed by atoms with Crippen LogP contribution >= 0.6 is 0 Å². The van der Waals surface area contributed by atoms with Gasteiger partial charge < -0.3 is 0 Å². The molecule has 20 heavy (non-hydrogen) atoms. The molecular formula is C15H12F3OS+. The van der Waals surface area contributed by atoms with Crippen LogP contribution in [0.4, 0.5) is 13.2 Å². The molecule has 2 rings (SSSR count). The zero-order valence-electron chi connectivity index (χ0n) is 10.3. The van der Waals surface area contributed by atoms with Crippen LogP contribution in [0.3, 0.4) is 0 Å². The van der Waals surface area contributed by atoms with Crippen molar-refractivity contribution >= 4 is 16.7 Å². The number of rotatable bonds is 3. The predicted octanol–water partition coefficient (Wildman–Crippen LogP) is 4.74. The highest BCUT2D eigenvalue weighted by molar-refractivity contribution is 7.94. The number of alkyl halides is 3. The van der Waals surface area contributed by atoms with Crippen molar-refractivity contribution in [3.8, 4) is 0 Å². The maximum absolute atomic E-state index is 13.1. The lowest BCUT2D eigenvalue weighted by atomic mass is 10.1. The first kappa shape index (κ1) is 14.7. The minimum atomic E-state index is -4.51. The monoisotopic (exact) mass is 297 g/mol. The molecule has 0 spiro atoms. The molecule has 0 aliphatic heterocycles. The molecule has 0 fully saturated rings. The Morgan fingerprint density at radius 1 is 0.900 bits per heavy atom. The molecule has 0 bridgehead atoms. The first-order valence-electron chi connectivity index (χ1n) is 5.80. The van der Waals surface area contributed by atoms with Gasteiger partial charge in [0.2, 0.25) is 11.2 Å². The van der Waals surface area contributed by atoms with Crippen LogP contribution in [-0.4, -0.2) is 10.7 Å². The van der Waals surface area contributed by atoms with Gasteiger partial charge in [0.25, 0.3) is 0 Å². The molecule has 1 N–H and O–H groups in total. The Morgan fingerprint density at radius 2 is 1.40 bits per heavy atom. The van der Waals surface area contributed by atoms with E-state index in [9.17, 15) is 17.7 Å². The number of allylic oxidation sites excluding steroid dienone is 1. The molecule has 0 saturated heterocycles. The summed E-state index contributed by atoms with van der Waals surface area (Å²) in [5.74, 6) is 0. The summed E-state index contributed by atoms with van der Waals surface area (Å²) in [6.07, 6.45) is -4.51. The Labute approximate surface area is 117 Å². The molecule has 1 nitrogen and oxygen atoms in total. The van der Waals surface area contributed by atoms with Gasteiger partial charge in [0.1, 0.15) is 5.57 Å². The fourth-order valence-corrected chi connectivity index (χ4v) is 2.72. The summed E-state index contributed by atoms with van der Waals surface area (Å²) in [5.41, 5.74) is -0.782. The van der Waals surface area contributed by atoms with E-state index in [0.717, 1.165) is 5.41 Å². The Hall–Kier alpha value is -1.72. The average molecular weight is 297 g/mol. The zero-order valence-corrected chi connectivity index (χ0v) is 11.2. The second kappa shape index (κ2) is 6.15. The molecule has 0 amide bonds. The SMILES string of the molecule is O[S+](/C=C(\c1ccccc1)C(F)(F)F)c1ccccc1. The second-order valence-corrected chi connectivity index (χ2v) is 5.36.